The Balaban J connectivity index is 3.05. The van der Waals surface area contributed by atoms with Gasteiger partial charge >= 0.3 is 0 Å². The van der Waals surface area contributed by atoms with Crippen LogP contribution in [0, 0.1) is 0 Å². The second-order valence-corrected chi connectivity index (χ2v) is 5.95. The first-order valence-corrected chi connectivity index (χ1v) is 7.17. The lowest BCUT2D eigenvalue weighted by atomic mass is 9.96. The van der Waals surface area contributed by atoms with Gasteiger partial charge in [0.05, 0.1) is 35.1 Å². The number of hydrazine groups is 1. The molecule has 0 aliphatic rings. The first kappa shape index (κ1) is 17.4. The molecule has 7 heteroatoms. The van der Waals surface area contributed by atoms with Crippen LogP contribution in [0.1, 0.15) is 32.5 Å². The molecule has 1 heterocycles. The largest absolute Gasteiger partial charge is 0.374 e. The van der Waals surface area contributed by atoms with Crippen LogP contribution in [0.4, 0.5) is 0 Å². The Morgan fingerprint density at radius 1 is 1.55 bits per heavy atom. The van der Waals surface area contributed by atoms with Gasteiger partial charge in [0.1, 0.15) is 0 Å². The Hall–Kier alpha value is -0.660. The van der Waals surface area contributed by atoms with Crippen molar-refractivity contribution in [1.82, 2.24) is 20.1 Å². The normalized spacial score (nSPS) is 14.0. The van der Waals surface area contributed by atoms with Crippen molar-refractivity contribution in [2.75, 3.05) is 27.2 Å². The number of hydrogen-bond acceptors (Lipinski definition) is 5. The van der Waals surface area contributed by atoms with Crippen LogP contribution in [0.3, 0.4) is 0 Å². The van der Waals surface area contributed by atoms with Gasteiger partial charge in [-0.15, -0.1) is 0 Å². The highest BCUT2D eigenvalue weighted by Crippen LogP contribution is 2.32. The van der Waals surface area contributed by atoms with Gasteiger partial charge in [-0.1, -0.05) is 11.6 Å². The molecule has 0 aliphatic heterocycles. The molecule has 1 rings (SSSR count). The van der Waals surface area contributed by atoms with Crippen LogP contribution in [0.5, 0.6) is 0 Å². The molecular weight excluding hydrogens is 278 g/mol. The number of ether oxygens (including phenoxy) is 1. The highest BCUT2D eigenvalue weighted by molar-refractivity contribution is 6.31. The molecule has 3 N–H and O–H groups in total. The van der Waals surface area contributed by atoms with E-state index in [0.29, 0.717) is 11.6 Å². The van der Waals surface area contributed by atoms with E-state index in [0.717, 1.165) is 18.8 Å². The van der Waals surface area contributed by atoms with Crippen LogP contribution >= 0.6 is 11.6 Å². The summed E-state index contributed by atoms with van der Waals surface area (Å²) >= 11 is 6.29. The van der Waals surface area contributed by atoms with Gasteiger partial charge < -0.3 is 9.64 Å². The highest BCUT2D eigenvalue weighted by atomic mass is 35.5. The predicted molar refractivity (Wildman–Crippen MR) is 81.6 cm³/mol. The maximum atomic E-state index is 6.29. The van der Waals surface area contributed by atoms with E-state index in [9.17, 15) is 0 Å². The Kier molecular flexibility index (Phi) is 6.42. The van der Waals surface area contributed by atoms with Crippen LogP contribution in [0.2, 0.25) is 5.02 Å². The predicted octanol–water partition coefficient (Wildman–Crippen LogP) is 1.42. The smallest absolute Gasteiger partial charge is 0.0928 e. The molecule has 0 fully saturated rings. The molecule has 0 radical (unpaired) electrons. The summed E-state index contributed by atoms with van der Waals surface area (Å²) < 4.78 is 7.67. The second-order valence-electron chi connectivity index (χ2n) is 5.54. The minimum Gasteiger partial charge on any atom is -0.374 e. The minimum atomic E-state index is -0.483. The van der Waals surface area contributed by atoms with Crippen LogP contribution in [0.15, 0.2) is 6.20 Å². The van der Waals surface area contributed by atoms with Crippen molar-refractivity contribution < 1.29 is 4.74 Å². The molecular formula is C13H26ClN5O. The molecule has 1 atom stereocenters. The molecule has 1 aromatic heterocycles. The van der Waals surface area contributed by atoms with Crippen LogP contribution in [-0.2, 0) is 11.3 Å². The summed E-state index contributed by atoms with van der Waals surface area (Å²) in [5, 5.41) is 4.93. The summed E-state index contributed by atoms with van der Waals surface area (Å²) in [5.41, 5.74) is 3.19. The number of nitrogens with zero attached hydrogens (tertiary/aromatic N) is 3. The van der Waals surface area contributed by atoms with Gasteiger partial charge in [-0.25, -0.2) is 5.43 Å². The summed E-state index contributed by atoms with van der Waals surface area (Å²) in [6.45, 7) is 8.16. The fourth-order valence-electron chi connectivity index (χ4n) is 2.20. The van der Waals surface area contributed by atoms with E-state index in [1.807, 2.05) is 39.5 Å². The van der Waals surface area contributed by atoms with Gasteiger partial charge in [0, 0.05) is 13.2 Å². The maximum Gasteiger partial charge on any atom is 0.0928 e. The first-order chi connectivity index (χ1) is 9.33. The summed E-state index contributed by atoms with van der Waals surface area (Å²) in [6.07, 6.45) is 1.65. The molecule has 0 saturated heterocycles. The van der Waals surface area contributed by atoms with Gasteiger partial charge in [-0.2, -0.15) is 5.10 Å². The van der Waals surface area contributed by atoms with E-state index in [1.54, 1.807) is 6.20 Å². The quantitative estimate of drug-likeness (QED) is 0.561. The second kappa shape index (κ2) is 7.38. The first-order valence-electron chi connectivity index (χ1n) is 6.79. The molecule has 0 aliphatic carbocycles. The Labute approximate surface area is 126 Å². The molecule has 0 bridgehead atoms. The number of likely N-dealkylation sites (N-methyl/N-ethyl adjacent to an activating group) is 1. The Morgan fingerprint density at radius 2 is 2.20 bits per heavy atom. The fraction of sp³-hybridized carbons (Fsp3) is 0.769. The summed E-state index contributed by atoms with van der Waals surface area (Å²) in [6, 6.07) is -0.236. The SMILES string of the molecule is CCOC(C)(C)C(NN)c1c(Cl)cnn1CCN(C)C. The zero-order valence-corrected chi connectivity index (χ0v) is 13.7. The summed E-state index contributed by atoms with van der Waals surface area (Å²) in [5.74, 6) is 5.73. The van der Waals surface area contributed by atoms with E-state index in [1.165, 1.54) is 0 Å². The van der Waals surface area contributed by atoms with Crippen molar-refractivity contribution in [2.45, 2.75) is 39.0 Å². The van der Waals surface area contributed by atoms with E-state index in [2.05, 4.69) is 15.4 Å². The number of halogens is 1. The van der Waals surface area contributed by atoms with Crippen LogP contribution in [0.25, 0.3) is 0 Å². The summed E-state index contributed by atoms with van der Waals surface area (Å²) in [4.78, 5) is 2.10. The lowest BCUT2D eigenvalue weighted by molar-refractivity contribution is -0.0413. The fourth-order valence-corrected chi connectivity index (χ4v) is 2.45. The van der Waals surface area contributed by atoms with Crippen molar-refractivity contribution in [3.8, 4) is 0 Å². The Bertz CT molecular complexity index is 419. The van der Waals surface area contributed by atoms with E-state index >= 15 is 0 Å². The van der Waals surface area contributed by atoms with Gasteiger partial charge in [-0.3, -0.25) is 10.5 Å². The molecule has 1 aromatic rings. The average molecular weight is 304 g/mol. The van der Waals surface area contributed by atoms with Gasteiger partial charge in [0.2, 0.25) is 0 Å². The third-order valence-corrected chi connectivity index (χ3v) is 3.54. The van der Waals surface area contributed by atoms with Gasteiger partial charge in [0.15, 0.2) is 0 Å². The van der Waals surface area contributed by atoms with Crippen molar-refractivity contribution in [3.05, 3.63) is 16.9 Å². The third kappa shape index (κ3) is 4.17. The van der Waals surface area contributed by atoms with Gasteiger partial charge in [0.25, 0.3) is 0 Å². The minimum absolute atomic E-state index is 0.236. The standard InChI is InChI=1S/C13H26ClN5O/c1-6-20-13(2,3)12(17-15)11-10(14)9-16-19(11)8-7-18(4)5/h9,12,17H,6-8,15H2,1-5H3. The molecule has 0 spiro atoms. The third-order valence-electron chi connectivity index (χ3n) is 3.24. The van der Waals surface area contributed by atoms with E-state index in [4.69, 9.17) is 22.2 Å². The van der Waals surface area contributed by atoms with Gasteiger partial charge in [-0.05, 0) is 34.9 Å². The average Bonchev–Trinajstić information content (AvgIpc) is 2.69. The van der Waals surface area contributed by atoms with E-state index in [-0.39, 0.29) is 6.04 Å². The topological polar surface area (TPSA) is 68.3 Å². The molecule has 116 valence electrons. The molecule has 1 unspecified atom stereocenters. The van der Waals surface area contributed by atoms with Crippen molar-refractivity contribution in [3.63, 3.8) is 0 Å². The van der Waals surface area contributed by atoms with Crippen molar-refractivity contribution in [2.24, 2.45) is 5.84 Å². The summed E-state index contributed by atoms with van der Waals surface area (Å²) in [7, 11) is 4.04. The van der Waals surface area contributed by atoms with Crippen molar-refractivity contribution in [1.29, 1.82) is 0 Å². The maximum absolute atomic E-state index is 6.29. The zero-order chi connectivity index (χ0) is 15.3. The number of nitrogens with one attached hydrogen (secondary N) is 1. The lowest BCUT2D eigenvalue weighted by Crippen LogP contribution is -2.46. The van der Waals surface area contributed by atoms with Crippen LogP contribution < -0.4 is 11.3 Å². The lowest BCUT2D eigenvalue weighted by Gasteiger charge is -2.34. The van der Waals surface area contributed by atoms with Crippen molar-refractivity contribution >= 4 is 11.6 Å². The molecule has 0 amide bonds. The number of nitrogens with two attached hydrogens (primary N) is 1. The monoisotopic (exact) mass is 303 g/mol. The highest BCUT2D eigenvalue weighted by Gasteiger charge is 2.34. The Morgan fingerprint density at radius 3 is 2.70 bits per heavy atom. The number of rotatable bonds is 8. The zero-order valence-electron chi connectivity index (χ0n) is 13.0. The molecule has 20 heavy (non-hydrogen) atoms. The molecule has 0 saturated carbocycles. The van der Waals surface area contributed by atoms with Crippen LogP contribution in [-0.4, -0.2) is 47.5 Å². The molecule has 0 aromatic carbocycles. The number of aromatic nitrogens is 2. The number of hydrogen-bond donors (Lipinski definition) is 2. The molecule has 6 nitrogen and oxygen atoms in total. The van der Waals surface area contributed by atoms with E-state index < -0.39 is 5.60 Å².